The number of hydrogen-bond donors (Lipinski definition) is 1. The van der Waals surface area contributed by atoms with Crippen molar-refractivity contribution in [1.82, 2.24) is 0 Å². The van der Waals surface area contributed by atoms with Gasteiger partial charge in [0.2, 0.25) is 0 Å². The van der Waals surface area contributed by atoms with Crippen LogP contribution in [0.1, 0.15) is 80.1 Å². The van der Waals surface area contributed by atoms with Gasteiger partial charge in [0, 0.05) is 5.56 Å². The Labute approximate surface area is 180 Å². The lowest BCUT2D eigenvalue weighted by Crippen LogP contribution is -2.34. The number of rotatable bonds is 6. The Bertz CT molecular complexity index is 976. The van der Waals surface area contributed by atoms with Crippen molar-refractivity contribution in [2.75, 3.05) is 6.61 Å². The second kappa shape index (κ2) is 8.51. The smallest absolute Gasteiger partial charge is 0.335 e. The van der Waals surface area contributed by atoms with Gasteiger partial charge in [-0.1, -0.05) is 64.1 Å². The molecule has 0 saturated carbocycles. The summed E-state index contributed by atoms with van der Waals surface area (Å²) in [6.45, 7) is 11.8. The molecule has 2 aromatic rings. The van der Waals surface area contributed by atoms with Gasteiger partial charge in [0.05, 0.1) is 5.56 Å². The molecular formula is C27H32O3. The Balaban J connectivity index is 2.03. The molecule has 0 atom stereocenters. The molecule has 0 fully saturated rings. The highest BCUT2D eigenvalue weighted by Gasteiger charge is 2.37. The van der Waals surface area contributed by atoms with Crippen LogP contribution in [0, 0.1) is 0 Å². The summed E-state index contributed by atoms with van der Waals surface area (Å²) in [7, 11) is 0. The number of carboxylic acids is 1. The highest BCUT2D eigenvalue weighted by Crippen LogP contribution is 2.47. The van der Waals surface area contributed by atoms with E-state index in [4.69, 9.17) is 9.84 Å². The van der Waals surface area contributed by atoms with Crippen LogP contribution in [-0.4, -0.2) is 17.7 Å². The molecule has 1 aliphatic carbocycles. The van der Waals surface area contributed by atoms with Crippen molar-refractivity contribution in [1.29, 1.82) is 0 Å². The maximum absolute atomic E-state index is 11.1. The fourth-order valence-electron chi connectivity index (χ4n) is 4.02. The number of aromatic carboxylic acids is 1. The SMILES string of the molecule is CC=CCOc1cc2c(cc1C=Cc1ccc(C(=O)O)cc1)C(C)(C)CCC2(C)C. The number of benzene rings is 2. The van der Waals surface area contributed by atoms with Crippen LogP contribution in [0.15, 0.2) is 48.6 Å². The molecule has 1 aliphatic rings. The van der Waals surface area contributed by atoms with E-state index in [9.17, 15) is 4.79 Å². The van der Waals surface area contributed by atoms with Gasteiger partial charge in [-0.3, -0.25) is 0 Å². The van der Waals surface area contributed by atoms with Crippen molar-refractivity contribution in [3.63, 3.8) is 0 Å². The van der Waals surface area contributed by atoms with Gasteiger partial charge in [0.25, 0.3) is 0 Å². The van der Waals surface area contributed by atoms with Crippen LogP contribution < -0.4 is 4.74 Å². The van der Waals surface area contributed by atoms with E-state index in [-0.39, 0.29) is 10.8 Å². The Morgan fingerprint density at radius 2 is 1.60 bits per heavy atom. The zero-order valence-corrected chi connectivity index (χ0v) is 18.7. The van der Waals surface area contributed by atoms with E-state index in [1.54, 1.807) is 12.1 Å². The average Bonchev–Trinajstić information content (AvgIpc) is 2.70. The summed E-state index contributed by atoms with van der Waals surface area (Å²) >= 11 is 0. The minimum Gasteiger partial charge on any atom is -0.489 e. The van der Waals surface area contributed by atoms with Crippen LogP contribution in [-0.2, 0) is 10.8 Å². The Kier molecular flexibility index (Phi) is 6.21. The molecule has 0 amide bonds. The molecule has 3 rings (SSSR count). The van der Waals surface area contributed by atoms with Crippen LogP contribution in [0.3, 0.4) is 0 Å². The summed E-state index contributed by atoms with van der Waals surface area (Å²) in [4.78, 5) is 11.1. The van der Waals surface area contributed by atoms with E-state index in [1.165, 1.54) is 11.1 Å². The van der Waals surface area contributed by atoms with Crippen molar-refractivity contribution >= 4 is 18.1 Å². The van der Waals surface area contributed by atoms with Crippen molar-refractivity contribution in [2.24, 2.45) is 0 Å². The molecule has 0 aromatic heterocycles. The van der Waals surface area contributed by atoms with E-state index >= 15 is 0 Å². The molecule has 158 valence electrons. The van der Waals surface area contributed by atoms with Crippen LogP contribution in [0.2, 0.25) is 0 Å². The van der Waals surface area contributed by atoms with Gasteiger partial charge in [-0.25, -0.2) is 4.79 Å². The predicted octanol–water partition coefficient (Wildman–Crippen LogP) is 6.86. The monoisotopic (exact) mass is 404 g/mol. The number of allylic oxidation sites excluding steroid dienone is 1. The summed E-state index contributed by atoms with van der Waals surface area (Å²) in [6, 6.07) is 11.4. The fourth-order valence-corrected chi connectivity index (χ4v) is 4.02. The van der Waals surface area contributed by atoms with Gasteiger partial charge >= 0.3 is 5.97 Å². The number of carboxylic acid groups (broad SMARTS) is 1. The molecule has 0 saturated heterocycles. The normalized spacial score (nSPS) is 17.2. The molecule has 0 bridgehead atoms. The lowest BCUT2D eigenvalue weighted by molar-refractivity contribution is 0.0697. The standard InChI is InChI=1S/C27H32O3/c1-6-7-16-30-24-18-23-22(26(2,3)14-15-27(23,4)5)17-21(24)13-10-19-8-11-20(12-9-19)25(28)29/h6-13,17-18H,14-16H2,1-5H3,(H,28,29). The summed E-state index contributed by atoms with van der Waals surface area (Å²) in [5, 5.41) is 9.09. The maximum Gasteiger partial charge on any atom is 0.335 e. The minimum absolute atomic E-state index is 0.123. The first-order valence-corrected chi connectivity index (χ1v) is 10.6. The Morgan fingerprint density at radius 3 is 2.17 bits per heavy atom. The zero-order valence-electron chi connectivity index (χ0n) is 18.7. The molecule has 3 heteroatoms. The third kappa shape index (κ3) is 4.67. The first-order valence-electron chi connectivity index (χ1n) is 10.6. The molecule has 30 heavy (non-hydrogen) atoms. The van der Waals surface area contributed by atoms with E-state index in [0.717, 1.165) is 29.7 Å². The number of hydrogen-bond acceptors (Lipinski definition) is 2. The quantitative estimate of drug-likeness (QED) is 0.422. The number of fused-ring (bicyclic) bond motifs is 1. The van der Waals surface area contributed by atoms with E-state index in [1.807, 2.05) is 37.3 Å². The van der Waals surface area contributed by atoms with Gasteiger partial charge in [-0.15, -0.1) is 0 Å². The Hall–Kier alpha value is -2.81. The van der Waals surface area contributed by atoms with Crippen molar-refractivity contribution < 1.29 is 14.6 Å². The van der Waals surface area contributed by atoms with Crippen LogP contribution in [0.4, 0.5) is 0 Å². The molecular weight excluding hydrogens is 372 g/mol. The highest BCUT2D eigenvalue weighted by atomic mass is 16.5. The Morgan fingerprint density at radius 1 is 1.00 bits per heavy atom. The molecule has 0 radical (unpaired) electrons. The average molecular weight is 405 g/mol. The second-order valence-electron chi connectivity index (χ2n) is 9.34. The summed E-state index contributed by atoms with van der Waals surface area (Å²) < 4.78 is 6.13. The lowest BCUT2D eigenvalue weighted by Gasteiger charge is -2.42. The molecule has 0 aliphatic heterocycles. The number of carbonyl (C=O) groups is 1. The molecule has 1 N–H and O–H groups in total. The van der Waals surface area contributed by atoms with E-state index < -0.39 is 5.97 Å². The maximum atomic E-state index is 11.1. The third-order valence-corrected chi connectivity index (χ3v) is 6.17. The topological polar surface area (TPSA) is 46.5 Å². The highest BCUT2D eigenvalue weighted by molar-refractivity contribution is 5.88. The largest absolute Gasteiger partial charge is 0.489 e. The van der Waals surface area contributed by atoms with Crippen molar-refractivity contribution in [3.05, 3.63) is 76.4 Å². The van der Waals surface area contributed by atoms with Gasteiger partial charge in [0.15, 0.2) is 0 Å². The summed E-state index contributed by atoms with van der Waals surface area (Å²) in [5.41, 5.74) is 5.30. The number of ether oxygens (including phenoxy) is 1. The van der Waals surface area contributed by atoms with Crippen LogP contribution in [0.5, 0.6) is 5.75 Å². The summed E-state index contributed by atoms with van der Waals surface area (Å²) in [6.07, 6.45) is 10.4. The van der Waals surface area contributed by atoms with E-state index in [2.05, 4.69) is 45.9 Å². The van der Waals surface area contributed by atoms with Crippen LogP contribution >= 0.6 is 0 Å². The van der Waals surface area contributed by atoms with Gasteiger partial charge in [-0.2, -0.15) is 0 Å². The van der Waals surface area contributed by atoms with Crippen LogP contribution in [0.25, 0.3) is 12.2 Å². The second-order valence-corrected chi connectivity index (χ2v) is 9.34. The zero-order chi connectivity index (χ0) is 21.9. The molecule has 3 nitrogen and oxygen atoms in total. The fraction of sp³-hybridized carbons (Fsp3) is 0.370. The molecule has 0 unspecified atom stereocenters. The third-order valence-electron chi connectivity index (χ3n) is 6.17. The molecule has 0 spiro atoms. The minimum atomic E-state index is -0.912. The van der Waals surface area contributed by atoms with Gasteiger partial charge in [-0.05, 0) is 71.6 Å². The molecule has 0 heterocycles. The van der Waals surface area contributed by atoms with Gasteiger partial charge < -0.3 is 9.84 Å². The van der Waals surface area contributed by atoms with E-state index in [0.29, 0.717) is 12.2 Å². The van der Waals surface area contributed by atoms with Crippen molar-refractivity contribution in [3.8, 4) is 5.75 Å². The van der Waals surface area contributed by atoms with Crippen molar-refractivity contribution in [2.45, 2.75) is 58.3 Å². The summed E-state index contributed by atoms with van der Waals surface area (Å²) in [5.74, 6) is -0.0271. The first kappa shape index (κ1) is 21.9. The lowest BCUT2D eigenvalue weighted by atomic mass is 9.63. The first-order chi connectivity index (χ1) is 14.1. The predicted molar refractivity (Wildman–Crippen MR) is 124 cm³/mol. The van der Waals surface area contributed by atoms with Gasteiger partial charge in [0.1, 0.15) is 12.4 Å². The molecule has 2 aromatic carbocycles.